The number of amides is 2. The second-order valence-electron chi connectivity index (χ2n) is 8.93. The smallest absolute Gasteiger partial charge is 0.254 e. The molecule has 0 saturated carbocycles. The monoisotopic (exact) mass is 425 g/mol. The van der Waals surface area contributed by atoms with Crippen molar-refractivity contribution < 1.29 is 9.59 Å². The third kappa shape index (κ3) is 4.30. The molecule has 4 rings (SSSR count). The molecule has 30 heavy (non-hydrogen) atoms. The zero-order valence-corrected chi connectivity index (χ0v) is 18.7. The van der Waals surface area contributed by atoms with Crippen LogP contribution in [0.15, 0.2) is 41.1 Å². The van der Waals surface area contributed by atoms with Crippen molar-refractivity contribution in [3.63, 3.8) is 0 Å². The van der Waals surface area contributed by atoms with E-state index in [4.69, 9.17) is 0 Å². The topological polar surface area (TPSA) is 52.7 Å². The number of carbonyl (C=O) groups is 2. The van der Waals surface area contributed by atoms with Crippen molar-refractivity contribution in [2.24, 2.45) is 0 Å². The third-order valence-corrected chi connectivity index (χ3v) is 7.38. The Balaban J connectivity index is 1.43. The molecule has 1 saturated heterocycles. The first-order valence-electron chi connectivity index (χ1n) is 10.8. The maximum atomic E-state index is 12.7. The molecule has 2 amide bonds. The Morgan fingerprint density at radius 1 is 1.20 bits per heavy atom. The summed E-state index contributed by atoms with van der Waals surface area (Å²) in [7, 11) is 4.03. The number of piperidine rings is 1. The summed E-state index contributed by atoms with van der Waals surface area (Å²) >= 11 is 1.57. The Kier molecular flexibility index (Phi) is 6.25. The molecule has 1 aromatic heterocycles. The number of fused-ring (bicyclic) bond motifs is 2. The number of likely N-dealkylation sites (N-methyl/N-ethyl adjacent to an activating group) is 1. The first-order chi connectivity index (χ1) is 14.5. The van der Waals surface area contributed by atoms with E-state index >= 15 is 0 Å². The van der Waals surface area contributed by atoms with E-state index < -0.39 is 0 Å². The first kappa shape index (κ1) is 21.1. The van der Waals surface area contributed by atoms with Gasteiger partial charge in [0.25, 0.3) is 5.91 Å². The predicted octanol–water partition coefficient (Wildman–Crippen LogP) is 3.48. The van der Waals surface area contributed by atoms with E-state index in [0.29, 0.717) is 13.0 Å². The number of nitrogens with one attached hydrogen (secondary N) is 1. The number of likely N-dealkylation sites (tertiary alicyclic amines) is 1. The Morgan fingerprint density at radius 3 is 2.67 bits per heavy atom. The number of rotatable bonds is 6. The van der Waals surface area contributed by atoms with Crippen molar-refractivity contribution in [3.8, 4) is 0 Å². The number of nitrogens with zero attached hydrogens (tertiary/aromatic N) is 2. The normalized spacial score (nSPS) is 19.8. The van der Waals surface area contributed by atoms with Gasteiger partial charge in [-0.2, -0.15) is 11.3 Å². The van der Waals surface area contributed by atoms with Crippen LogP contribution in [0.25, 0.3) is 0 Å². The lowest BCUT2D eigenvalue weighted by molar-refractivity contribution is -0.121. The second kappa shape index (κ2) is 8.90. The minimum absolute atomic E-state index is 0.0939. The van der Waals surface area contributed by atoms with Crippen LogP contribution in [0.1, 0.15) is 53.1 Å². The highest BCUT2D eigenvalue weighted by atomic mass is 32.1. The minimum atomic E-state index is 0.0939. The summed E-state index contributed by atoms with van der Waals surface area (Å²) in [6.45, 7) is 3.10. The van der Waals surface area contributed by atoms with E-state index in [9.17, 15) is 9.59 Å². The predicted molar refractivity (Wildman–Crippen MR) is 121 cm³/mol. The van der Waals surface area contributed by atoms with Gasteiger partial charge in [-0.15, -0.1) is 0 Å². The van der Waals surface area contributed by atoms with Gasteiger partial charge in [-0.05, 0) is 67.3 Å². The fraction of sp³-hybridized carbons (Fsp3) is 0.500. The second-order valence-corrected chi connectivity index (χ2v) is 9.71. The van der Waals surface area contributed by atoms with Gasteiger partial charge in [-0.25, -0.2) is 0 Å². The molecule has 160 valence electrons. The van der Waals surface area contributed by atoms with Gasteiger partial charge in [-0.3, -0.25) is 9.59 Å². The van der Waals surface area contributed by atoms with Crippen molar-refractivity contribution in [3.05, 3.63) is 57.8 Å². The van der Waals surface area contributed by atoms with Crippen molar-refractivity contribution in [2.45, 2.75) is 37.0 Å². The zero-order valence-electron chi connectivity index (χ0n) is 17.9. The van der Waals surface area contributed by atoms with Crippen molar-refractivity contribution in [1.82, 2.24) is 15.1 Å². The summed E-state index contributed by atoms with van der Waals surface area (Å²) in [4.78, 5) is 29.4. The lowest BCUT2D eigenvalue weighted by atomic mass is 9.73. The van der Waals surface area contributed by atoms with Crippen LogP contribution in [-0.4, -0.2) is 61.9 Å². The van der Waals surface area contributed by atoms with Gasteiger partial charge in [0.2, 0.25) is 5.91 Å². The third-order valence-electron chi connectivity index (χ3n) is 6.70. The van der Waals surface area contributed by atoms with Gasteiger partial charge < -0.3 is 15.1 Å². The van der Waals surface area contributed by atoms with E-state index in [-0.39, 0.29) is 23.1 Å². The molecule has 2 heterocycles. The van der Waals surface area contributed by atoms with Gasteiger partial charge in [0, 0.05) is 38.0 Å². The van der Waals surface area contributed by atoms with Gasteiger partial charge in [0.15, 0.2) is 0 Å². The molecule has 0 radical (unpaired) electrons. The Labute approximate surface area is 183 Å². The van der Waals surface area contributed by atoms with E-state index in [2.05, 4.69) is 34.5 Å². The Morgan fingerprint density at radius 2 is 1.97 bits per heavy atom. The van der Waals surface area contributed by atoms with E-state index in [1.807, 2.05) is 35.8 Å². The molecule has 5 nitrogen and oxygen atoms in total. The summed E-state index contributed by atoms with van der Waals surface area (Å²) < 4.78 is 0. The van der Waals surface area contributed by atoms with Crippen LogP contribution in [0, 0.1) is 0 Å². The fourth-order valence-corrected chi connectivity index (χ4v) is 5.73. The molecule has 1 spiro atoms. The quantitative estimate of drug-likeness (QED) is 0.771. The average molecular weight is 426 g/mol. The van der Waals surface area contributed by atoms with Crippen LogP contribution in [0.2, 0.25) is 0 Å². The van der Waals surface area contributed by atoms with Crippen molar-refractivity contribution in [1.29, 1.82) is 0 Å². The van der Waals surface area contributed by atoms with Crippen LogP contribution in [0.5, 0.6) is 0 Å². The molecule has 2 aromatic rings. The number of hydrogen-bond acceptors (Lipinski definition) is 4. The maximum absolute atomic E-state index is 12.7. The van der Waals surface area contributed by atoms with Crippen molar-refractivity contribution >= 4 is 23.2 Å². The molecular formula is C24H31N3O2S. The molecular weight excluding hydrogens is 394 g/mol. The van der Waals surface area contributed by atoms with Crippen LogP contribution in [-0.2, 0) is 10.2 Å². The van der Waals surface area contributed by atoms with E-state index in [0.717, 1.165) is 44.5 Å². The molecule has 1 atom stereocenters. The van der Waals surface area contributed by atoms with Gasteiger partial charge in [-0.1, -0.05) is 24.3 Å². The number of carbonyl (C=O) groups excluding carboxylic acids is 2. The zero-order chi connectivity index (χ0) is 21.1. The maximum Gasteiger partial charge on any atom is 0.254 e. The standard InChI is InChI=1S/C24H31N3O2S/c1-26(2)13-10-25-22(28)15-19-16-24(21-6-4-3-5-20(19)21)8-11-27(12-9-24)23(29)18-7-14-30-17-18/h3-7,14,17,19H,8-13,15-16H2,1-2H3,(H,25,28)/t19-/m1/s1. The summed E-state index contributed by atoms with van der Waals surface area (Å²) in [6.07, 6.45) is 3.49. The van der Waals surface area contributed by atoms with Gasteiger partial charge in [0.05, 0.1) is 5.56 Å². The highest BCUT2D eigenvalue weighted by molar-refractivity contribution is 7.08. The molecule has 1 fully saturated rings. The summed E-state index contributed by atoms with van der Waals surface area (Å²) in [5.74, 6) is 0.549. The molecule has 1 aliphatic carbocycles. The molecule has 6 heteroatoms. The molecule has 0 unspecified atom stereocenters. The SMILES string of the molecule is CN(C)CCNC(=O)C[C@@H]1CC2(CCN(C(=O)c3ccsc3)CC2)c2ccccc21. The number of benzene rings is 1. The highest BCUT2D eigenvalue weighted by Gasteiger charge is 2.46. The summed E-state index contributed by atoms with van der Waals surface area (Å²) in [5, 5.41) is 6.96. The molecule has 2 aliphatic rings. The van der Waals surface area contributed by atoms with E-state index in [1.54, 1.807) is 11.3 Å². The van der Waals surface area contributed by atoms with Crippen LogP contribution in [0.4, 0.5) is 0 Å². The molecule has 1 N–H and O–H groups in total. The lowest BCUT2D eigenvalue weighted by Gasteiger charge is -2.40. The Hall–Kier alpha value is -2.18. The first-order valence-corrected chi connectivity index (χ1v) is 11.8. The van der Waals surface area contributed by atoms with E-state index in [1.165, 1.54) is 11.1 Å². The number of thiophene rings is 1. The van der Waals surface area contributed by atoms with Gasteiger partial charge >= 0.3 is 0 Å². The largest absolute Gasteiger partial charge is 0.355 e. The van der Waals surface area contributed by atoms with Crippen LogP contribution >= 0.6 is 11.3 Å². The summed E-state index contributed by atoms with van der Waals surface area (Å²) in [6, 6.07) is 10.6. The number of hydrogen-bond donors (Lipinski definition) is 1. The highest BCUT2D eigenvalue weighted by Crippen LogP contribution is 2.52. The van der Waals surface area contributed by atoms with Crippen molar-refractivity contribution in [2.75, 3.05) is 40.3 Å². The lowest BCUT2D eigenvalue weighted by Crippen LogP contribution is -2.44. The molecule has 0 bridgehead atoms. The molecule has 1 aliphatic heterocycles. The van der Waals surface area contributed by atoms with Crippen LogP contribution in [0.3, 0.4) is 0 Å². The van der Waals surface area contributed by atoms with Crippen LogP contribution < -0.4 is 5.32 Å². The summed E-state index contributed by atoms with van der Waals surface area (Å²) in [5.41, 5.74) is 3.63. The average Bonchev–Trinajstić information content (AvgIpc) is 3.36. The molecule has 1 aromatic carbocycles. The minimum Gasteiger partial charge on any atom is -0.355 e. The Bertz CT molecular complexity index is 886. The van der Waals surface area contributed by atoms with Gasteiger partial charge in [0.1, 0.15) is 0 Å². The fourth-order valence-electron chi connectivity index (χ4n) is 5.10.